The molecule has 9 nitrogen and oxygen atoms in total. The number of hydrogen-bond donors (Lipinski definition) is 2. The Labute approximate surface area is 223 Å². The lowest BCUT2D eigenvalue weighted by molar-refractivity contribution is 0.237. The van der Waals surface area contributed by atoms with Gasteiger partial charge in [-0.3, -0.25) is 10.00 Å². The Morgan fingerprint density at radius 2 is 1.77 bits per heavy atom. The average molecular weight is 521 g/mol. The molecule has 0 unspecified atom stereocenters. The highest BCUT2D eigenvalue weighted by molar-refractivity contribution is 5.96. The van der Waals surface area contributed by atoms with Crippen LogP contribution in [0.25, 0.3) is 56.0 Å². The number of rotatable bonds is 7. The molecule has 6 aromatic rings. The molecule has 1 fully saturated rings. The van der Waals surface area contributed by atoms with E-state index >= 15 is 0 Å². The number of hydrogen-bond acceptors (Lipinski definition) is 7. The van der Waals surface area contributed by atoms with Crippen LogP contribution in [0.15, 0.2) is 67.3 Å². The van der Waals surface area contributed by atoms with Crippen molar-refractivity contribution in [1.29, 1.82) is 0 Å². The van der Waals surface area contributed by atoms with E-state index in [1.807, 2.05) is 36.4 Å². The fourth-order valence-electron chi connectivity index (χ4n) is 5.13. The second kappa shape index (κ2) is 9.88. The van der Waals surface area contributed by atoms with Gasteiger partial charge in [-0.15, -0.1) is 0 Å². The summed E-state index contributed by atoms with van der Waals surface area (Å²) in [5.74, 6) is 0.726. The highest BCUT2D eigenvalue weighted by atomic mass is 19.1. The van der Waals surface area contributed by atoms with Crippen LogP contribution >= 0.6 is 0 Å². The number of nitrogens with zero attached hydrogens (tertiary/aromatic N) is 6. The molecule has 0 atom stereocenters. The van der Waals surface area contributed by atoms with Crippen molar-refractivity contribution in [2.75, 3.05) is 26.2 Å². The Morgan fingerprint density at radius 1 is 0.897 bits per heavy atom. The molecular weight excluding hydrogens is 495 g/mol. The molecule has 0 spiro atoms. The van der Waals surface area contributed by atoms with Gasteiger partial charge >= 0.3 is 0 Å². The average Bonchev–Trinajstić information content (AvgIpc) is 3.72. The molecule has 0 bridgehead atoms. The Hall–Kier alpha value is -4.70. The first-order chi connectivity index (χ1) is 19.2. The van der Waals surface area contributed by atoms with E-state index < -0.39 is 0 Å². The van der Waals surface area contributed by atoms with Crippen molar-refractivity contribution >= 4 is 22.1 Å². The minimum atomic E-state index is -0.351. The van der Waals surface area contributed by atoms with Crippen molar-refractivity contribution in [3.8, 4) is 39.7 Å². The fraction of sp³-hybridized carbons (Fsp3) is 0.207. The van der Waals surface area contributed by atoms with Gasteiger partial charge in [-0.05, 0) is 61.8 Å². The molecule has 10 heteroatoms. The number of pyridine rings is 1. The van der Waals surface area contributed by atoms with E-state index in [4.69, 9.17) is 14.7 Å². The maximum Gasteiger partial charge on any atom is 0.161 e. The first-order valence-electron chi connectivity index (χ1n) is 13.0. The molecule has 0 saturated carbocycles. The van der Waals surface area contributed by atoms with Gasteiger partial charge in [0.05, 0.1) is 22.2 Å². The summed E-state index contributed by atoms with van der Waals surface area (Å²) in [6.45, 7) is 3.57. The van der Waals surface area contributed by atoms with Crippen LogP contribution in [0.2, 0.25) is 0 Å². The van der Waals surface area contributed by atoms with Crippen molar-refractivity contribution in [3.63, 3.8) is 0 Å². The fourth-order valence-corrected chi connectivity index (χ4v) is 5.13. The molecule has 39 heavy (non-hydrogen) atoms. The third-order valence-corrected chi connectivity index (χ3v) is 7.06. The zero-order chi connectivity index (χ0) is 26.2. The van der Waals surface area contributed by atoms with E-state index in [0.717, 1.165) is 47.5 Å². The van der Waals surface area contributed by atoms with Crippen molar-refractivity contribution in [2.24, 2.45) is 0 Å². The maximum atomic E-state index is 14.7. The monoisotopic (exact) mass is 520 g/mol. The summed E-state index contributed by atoms with van der Waals surface area (Å²) in [5.41, 5.74) is 6.62. The van der Waals surface area contributed by atoms with Crippen LogP contribution in [0, 0.1) is 5.82 Å². The van der Waals surface area contributed by atoms with Crippen molar-refractivity contribution in [1.82, 2.24) is 40.0 Å². The summed E-state index contributed by atoms with van der Waals surface area (Å²) in [7, 11) is 0. The van der Waals surface area contributed by atoms with Crippen LogP contribution in [0.5, 0.6) is 5.75 Å². The number of benzene rings is 2. The predicted octanol–water partition coefficient (Wildman–Crippen LogP) is 5.24. The standard InChI is InChI=1S/C29H25FN8O/c30-20-12-18(13-21(14-20)39-11-10-38-8-1-2-9-38)22-4-3-5-24-26(22)35-29(34-24)28-27-25(36-37-28)7-6-23(33-27)19-15-31-17-32-16-19/h3-7,12-17H,1-2,8-11H2,(H,34,35)(H,36,37). The van der Waals surface area contributed by atoms with Crippen LogP contribution in [0.3, 0.4) is 0 Å². The molecule has 2 aromatic carbocycles. The summed E-state index contributed by atoms with van der Waals surface area (Å²) in [6, 6.07) is 14.4. The lowest BCUT2D eigenvalue weighted by atomic mass is 10.0. The topological polar surface area (TPSA) is 108 Å². The lowest BCUT2D eigenvalue weighted by Crippen LogP contribution is -2.25. The number of halogens is 1. The summed E-state index contributed by atoms with van der Waals surface area (Å²) in [6.07, 6.45) is 7.38. The highest BCUT2D eigenvalue weighted by Gasteiger charge is 2.18. The number of aromatic amines is 2. The summed E-state index contributed by atoms with van der Waals surface area (Å²) < 4.78 is 20.6. The minimum absolute atomic E-state index is 0.351. The van der Waals surface area contributed by atoms with Gasteiger partial charge in [0.2, 0.25) is 0 Å². The smallest absolute Gasteiger partial charge is 0.161 e. The Morgan fingerprint density at radius 3 is 2.64 bits per heavy atom. The van der Waals surface area contributed by atoms with Gasteiger partial charge < -0.3 is 9.72 Å². The third-order valence-electron chi connectivity index (χ3n) is 7.06. The SMILES string of the molecule is Fc1cc(OCCN2CCCC2)cc(-c2cccc3[nH]c(-c4n[nH]c5ccc(-c6cncnc6)nc45)nc23)c1. The Bertz CT molecular complexity index is 1780. The molecule has 1 aliphatic rings. The quantitative estimate of drug-likeness (QED) is 0.296. The predicted molar refractivity (Wildman–Crippen MR) is 147 cm³/mol. The normalized spacial score (nSPS) is 14.0. The number of para-hydroxylation sites is 1. The lowest BCUT2D eigenvalue weighted by Gasteiger charge is -2.15. The van der Waals surface area contributed by atoms with Gasteiger partial charge in [0.25, 0.3) is 0 Å². The van der Waals surface area contributed by atoms with Gasteiger partial charge in [-0.25, -0.2) is 24.3 Å². The van der Waals surface area contributed by atoms with Crippen LogP contribution in [0.4, 0.5) is 4.39 Å². The molecule has 0 radical (unpaired) electrons. The van der Waals surface area contributed by atoms with E-state index in [1.165, 1.54) is 31.3 Å². The van der Waals surface area contributed by atoms with Crippen LogP contribution in [-0.2, 0) is 0 Å². The third kappa shape index (κ3) is 4.59. The molecule has 2 N–H and O–H groups in total. The number of nitrogens with one attached hydrogen (secondary N) is 2. The number of ether oxygens (including phenoxy) is 1. The molecule has 1 aliphatic heterocycles. The molecule has 5 heterocycles. The first kappa shape index (κ1) is 23.4. The van der Waals surface area contributed by atoms with Crippen LogP contribution in [-0.4, -0.2) is 66.3 Å². The van der Waals surface area contributed by atoms with E-state index in [2.05, 4.69) is 30.0 Å². The number of likely N-dealkylation sites (tertiary alicyclic amines) is 1. The molecule has 4 aromatic heterocycles. The largest absolute Gasteiger partial charge is 0.492 e. The van der Waals surface area contributed by atoms with Crippen LogP contribution < -0.4 is 4.74 Å². The minimum Gasteiger partial charge on any atom is -0.492 e. The molecular formula is C29H25FN8O. The zero-order valence-electron chi connectivity index (χ0n) is 21.1. The van der Waals surface area contributed by atoms with Crippen molar-refractivity contribution in [2.45, 2.75) is 12.8 Å². The zero-order valence-corrected chi connectivity index (χ0v) is 21.1. The van der Waals surface area contributed by atoms with Gasteiger partial charge in [0.1, 0.15) is 30.0 Å². The molecule has 0 amide bonds. The first-order valence-corrected chi connectivity index (χ1v) is 13.0. The summed E-state index contributed by atoms with van der Waals surface area (Å²) in [4.78, 5) is 23.6. The molecule has 7 rings (SSSR count). The number of imidazole rings is 1. The highest BCUT2D eigenvalue weighted by Crippen LogP contribution is 2.33. The van der Waals surface area contributed by atoms with E-state index in [9.17, 15) is 4.39 Å². The second-order valence-electron chi connectivity index (χ2n) is 9.65. The van der Waals surface area contributed by atoms with Gasteiger partial charge in [0.15, 0.2) is 11.5 Å². The van der Waals surface area contributed by atoms with Crippen LogP contribution in [0.1, 0.15) is 12.8 Å². The maximum absolute atomic E-state index is 14.7. The van der Waals surface area contributed by atoms with Gasteiger partial charge in [0, 0.05) is 36.1 Å². The van der Waals surface area contributed by atoms with Crippen molar-refractivity contribution in [3.05, 3.63) is 73.1 Å². The molecule has 194 valence electrons. The van der Waals surface area contributed by atoms with Gasteiger partial charge in [-0.2, -0.15) is 5.10 Å². The number of aromatic nitrogens is 7. The Balaban J connectivity index is 1.23. The summed E-state index contributed by atoms with van der Waals surface area (Å²) in [5, 5.41) is 7.53. The molecule has 0 aliphatic carbocycles. The second-order valence-corrected chi connectivity index (χ2v) is 9.65. The molecule has 1 saturated heterocycles. The van der Waals surface area contributed by atoms with E-state index in [0.29, 0.717) is 40.5 Å². The number of fused-ring (bicyclic) bond motifs is 2. The van der Waals surface area contributed by atoms with E-state index in [1.54, 1.807) is 12.4 Å². The Kier molecular flexibility index (Phi) is 5.93. The number of H-pyrrole nitrogens is 2. The summed E-state index contributed by atoms with van der Waals surface area (Å²) >= 11 is 0. The van der Waals surface area contributed by atoms with Gasteiger partial charge in [-0.1, -0.05) is 12.1 Å². The van der Waals surface area contributed by atoms with Crippen molar-refractivity contribution < 1.29 is 9.13 Å². The van der Waals surface area contributed by atoms with E-state index in [-0.39, 0.29) is 5.82 Å².